The number of carbonyl (C=O) groups is 1. The predicted molar refractivity (Wildman–Crippen MR) is 125 cm³/mol. The van der Waals surface area contributed by atoms with E-state index in [0.717, 1.165) is 43.0 Å². The molecular weight excluding hydrogens is 460 g/mol. The lowest BCUT2D eigenvalue weighted by Gasteiger charge is -2.31. The van der Waals surface area contributed by atoms with Crippen LogP contribution in [-0.4, -0.2) is 29.4 Å². The van der Waals surface area contributed by atoms with Gasteiger partial charge >= 0.3 is 6.18 Å². The summed E-state index contributed by atoms with van der Waals surface area (Å²) in [6.07, 6.45) is -1.41. The van der Waals surface area contributed by atoms with E-state index in [2.05, 4.69) is 11.5 Å². The van der Waals surface area contributed by atoms with Crippen molar-refractivity contribution in [2.45, 2.75) is 51.4 Å². The fourth-order valence-corrected chi connectivity index (χ4v) is 4.81. The average Bonchev–Trinajstić information content (AvgIpc) is 2.98. The third-order valence-electron chi connectivity index (χ3n) is 6.63. The number of carbonyl (C=O) groups excluding carboxylic acids is 1. The molecule has 0 aromatic heterocycles. The number of alkyl halides is 3. The molecule has 2 fully saturated rings. The average molecular weight is 487 g/mol. The lowest BCUT2D eigenvalue weighted by Crippen LogP contribution is -2.43. The summed E-state index contributed by atoms with van der Waals surface area (Å²) in [4.78, 5) is 18.1. The van der Waals surface area contributed by atoms with E-state index in [-0.39, 0.29) is 11.5 Å². The number of rotatable bonds is 4. The summed E-state index contributed by atoms with van der Waals surface area (Å²) >= 11 is 0. The number of hydrogen-bond acceptors (Lipinski definition) is 4. The number of nitriles is 1. The molecule has 2 aromatic rings. The summed E-state index contributed by atoms with van der Waals surface area (Å²) in [6.45, 7) is 9.50. The zero-order chi connectivity index (χ0) is 25.5. The summed E-state index contributed by atoms with van der Waals surface area (Å²) in [5.41, 5.74) is -2.05. The van der Waals surface area contributed by atoms with E-state index in [1.165, 1.54) is 29.5 Å². The van der Waals surface area contributed by atoms with Crippen LogP contribution in [0.4, 0.5) is 28.9 Å². The molecule has 9 heteroatoms. The molecule has 2 aliphatic rings. The number of amides is 1. The maximum Gasteiger partial charge on any atom is 0.417 e. The van der Waals surface area contributed by atoms with Crippen LogP contribution in [0.25, 0.3) is 0 Å². The molecule has 0 saturated carbocycles. The Labute approximate surface area is 201 Å². The smallest absolute Gasteiger partial charge is 0.313 e. The van der Waals surface area contributed by atoms with Crippen molar-refractivity contribution in [2.24, 2.45) is 0 Å². The Balaban J connectivity index is 1.67. The number of hydrogen-bond donors (Lipinski definition) is 0. The second-order valence-electron chi connectivity index (χ2n) is 9.40. The van der Waals surface area contributed by atoms with Crippen molar-refractivity contribution in [3.8, 4) is 6.07 Å². The van der Waals surface area contributed by atoms with Crippen molar-refractivity contribution >= 4 is 17.3 Å². The predicted octanol–water partition coefficient (Wildman–Crippen LogP) is 5.81. The first-order valence-electron chi connectivity index (χ1n) is 11.4. The molecule has 5 nitrogen and oxygen atoms in total. The zero-order valence-corrected chi connectivity index (χ0v) is 19.6. The number of halogens is 4. The SMILES string of the molecule is C=C1N(c2ccc(C#N)c(C(F)(F)F)c2)C(=O)C(C)(C)N1c1ccc(CN2CCCCC2)c(F)c1. The van der Waals surface area contributed by atoms with Gasteiger partial charge in [0.15, 0.2) is 0 Å². The van der Waals surface area contributed by atoms with E-state index >= 15 is 4.39 Å². The van der Waals surface area contributed by atoms with Crippen molar-refractivity contribution in [1.82, 2.24) is 4.90 Å². The summed E-state index contributed by atoms with van der Waals surface area (Å²) in [5, 5.41) is 9.07. The zero-order valence-electron chi connectivity index (χ0n) is 19.6. The molecule has 2 saturated heterocycles. The highest BCUT2D eigenvalue weighted by atomic mass is 19.4. The molecule has 0 aliphatic carbocycles. The summed E-state index contributed by atoms with van der Waals surface area (Å²) in [5.74, 6) is -0.834. The normalized spacial score (nSPS) is 18.8. The Morgan fingerprint density at radius 1 is 1.06 bits per heavy atom. The van der Waals surface area contributed by atoms with E-state index in [1.807, 2.05) is 0 Å². The molecule has 2 aromatic carbocycles. The first kappa shape index (κ1) is 24.7. The summed E-state index contributed by atoms with van der Waals surface area (Å²) in [6, 6.07) is 9.32. The maximum atomic E-state index is 15.1. The molecule has 0 N–H and O–H groups in total. The van der Waals surface area contributed by atoms with Gasteiger partial charge < -0.3 is 4.90 Å². The van der Waals surface area contributed by atoms with E-state index in [4.69, 9.17) is 5.26 Å². The Hall–Kier alpha value is -3.38. The van der Waals surface area contributed by atoms with Crippen LogP contribution in [0.1, 0.15) is 49.8 Å². The molecule has 1 amide bonds. The summed E-state index contributed by atoms with van der Waals surface area (Å²) in [7, 11) is 0. The Morgan fingerprint density at radius 3 is 2.31 bits per heavy atom. The van der Waals surface area contributed by atoms with Gasteiger partial charge in [-0.2, -0.15) is 18.4 Å². The van der Waals surface area contributed by atoms with Crippen LogP contribution in [0, 0.1) is 17.1 Å². The minimum atomic E-state index is -4.77. The van der Waals surface area contributed by atoms with Crippen LogP contribution in [0.3, 0.4) is 0 Å². The van der Waals surface area contributed by atoms with Gasteiger partial charge in [0.25, 0.3) is 5.91 Å². The Kier molecular flexibility index (Phi) is 6.36. The first-order chi connectivity index (χ1) is 16.4. The van der Waals surface area contributed by atoms with E-state index < -0.39 is 34.6 Å². The van der Waals surface area contributed by atoms with Gasteiger partial charge in [-0.15, -0.1) is 0 Å². The van der Waals surface area contributed by atoms with Gasteiger partial charge in [-0.25, -0.2) is 4.39 Å². The van der Waals surface area contributed by atoms with Crippen molar-refractivity contribution in [3.05, 3.63) is 71.3 Å². The fraction of sp³-hybridized carbons (Fsp3) is 0.385. The number of anilines is 2. The van der Waals surface area contributed by atoms with E-state index in [9.17, 15) is 18.0 Å². The standard InChI is InChI=1S/C26H26F4N4O/c1-17-33(20-9-7-18(15-31)22(13-20)26(28,29)30)24(35)25(2,3)34(17)21-10-8-19(23(27)14-21)16-32-11-5-4-6-12-32/h7-10,13-14H,1,4-6,11-12,16H2,2-3H3. The number of nitrogens with zero attached hydrogens (tertiary/aromatic N) is 4. The molecule has 2 aliphatic heterocycles. The van der Waals surface area contributed by atoms with Gasteiger partial charge in [-0.05, 0) is 70.1 Å². The van der Waals surface area contributed by atoms with Crippen molar-refractivity contribution < 1.29 is 22.4 Å². The minimum absolute atomic E-state index is 0.0657. The Morgan fingerprint density at radius 2 is 1.71 bits per heavy atom. The third-order valence-corrected chi connectivity index (χ3v) is 6.63. The van der Waals surface area contributed by atoms with Gasteiger partial charge in [0.05, 0.1) is 22.9 Å². The van der Waals surface area contributed by atoms with Gasteiger partial charge in [0, 0.05) is 17.8 Å². The molecule has 2 heterocycles. The number of piperidine rings is 1. The molecule has 35 heavy (non-hydrogen) atoms. The highest BCUT2D eigenvalue weighted by Crippen LogP contribution is 2.42. The van der Waals surface area contributed by atoms with Crippen molar-refractivity contribution in [2.75, 3.05) is 22.9 Å². The van der Waals surface area contributed by atoms with Gasteiger partial charge in [0.1, 0.15) is 17.2 Å². The van der Waals surface area contributed by atoms with Crippen LogP contribution in [0.15, 0.2) is 48.8 Å². The van der Waals surface area contributed by atoms with Crippen molar-refractivity contribution in [1.29, 1.82) is 5.26 Å². The van der Waals surface area contributed by atoms with Gasteiger partial charge in [-0.1, -0.05) is 19.1 Å². The largest absolute Gasteiger partial charge is 0.417 e. The summed E-state index contributed by atoms with van der Waals surface area (Å²) < 4.78 is 55.6. The molecule has 4 rings (SSSR count). The third kappa shape index (κ3) is 4.50. The molecule has 0 unspecified atom stereocenters. The number of benzene rings is 2. The topological polar surface area (TPSA) is 50.6 Å². The number of likely N-dealkylation sites (tertiary alicyclic amines) is 1. The van der Waals surface area contributed by atoms with Crippen LogP contribution in [0.5, 0.6) is 0 Å². The van der Waals surface area contributed by atoms with Gasteiger partial charge in [-0.3, -0.25) is 14.6 Å². The lowest BCUT2D eigenvalue weighted by atomic mass is 10.0. The first-order valence-corrected chi connectivity index (χ1v) is 11.4. The monoisotopic (exact) mass is 486 g/mol. The van der Waals surface area contributed by atoms with Crippen LogP contribution in [0.2, 0.25) is 0 Å². The molecule has 0 atom stereocenters. The van der Waals surface area contributed by atoms with Crippen molar-refractivity contribution in [3.63, 3.8) is 0 Å². The molecule has 0 spiro atoms. The lowest BCUT2D eigenvalue weighted by molar-refractivity contribution is -0.137. The molecule has 0 radical (unpaired) electrons. The highest BCUT2D eigenvalue weighted by molar-refractivity contribution is 6.09. The van der Waals surface area contributed by atoms with Crippen LogP contribution < -0.4 is 9.80 Å². The van der Waals surface area contributed by atoms with Crippen LogP contribution >= 0.6 is 0 Å². The maximum absolute atomic E-state index is 15.1. The van der Waals surface area contributed by atoms with Gasteiger partial charge in [0.2, 0.25) is 0 Å². The van der Waals surface area contributed by atoms with Crippen LogP contribution in [-0.2, 0) is 17.5 Å². The molecule has 0 bridgehead atoms. The second kappa shape index (κ2) is 9.00. The minimum Gasteiger partial charge on any atom is -0.313 e. The fourth-order valence-electron chi connectivity index (χ4n) is 4.81. The van der Waals surface area contributed by atoms with E-state index in [1.54, 1.807) is 26.0 Å². The molecular formula is C26H26F4N4O. The quantitative estimate of drug-likeness (QED) is 0.512. The highest BCUT2D eigenvalue weighted by Gasteiger charge is 2.49. The van der Waals surface area contributed by atoms with E-state index in [0.29, 0.717) is 17.8 Å². The Bertz CT molecular complexity index is 1210. The molecule has 184 valence electrons. The second-order valence-corrected chi connectivity index (χ2v) is 9.40.